The molecule has 1 aliphatic rings. The van der Waals surface area contributed by atoms with Gasteiger partial charge >= 0.3 is 0 Å². The van der Waals surface area contributed by atoms with Gasteiger partial charge < -0.3 is 10.0 Å². The molecule has 1 unspecified atom stereocenters. The molecule has 1 fully saturated rings. The molecule has 0 bridgehead atoms. The van der Waals surface area contributed by atoms with Crippen LogP contribution in [0, 0.1) is 5.92 Å². The van der Waals surface area contributed by atoms with E-state index in [1.54, 1.807) is 12.5 Å². The minimum absolute atomic E-state index is 0.284. The van der Waals surface area contributed by atoms with Gasteiger partial charge in [0.05, 0.1) is 6.10 Å². The summed E-state index contributed by atoms with van der Waals surface area (Å²) in [7, 11) is 0. The number of anilines is 1. The van der Waals surface area contributed by atoms with E-state index in [-0.39, 0.29) is 5.92 Å². The van der Waals surface area contributed by atoms with E-state index >= 15 is 0 Å². The summed E-state index contributed by atoms with van der Waals surface area (Å²) in [5.41, 5.74) is 1.79. The molecular weight excluding hydrogens is 290 g/mol. The SMILES string of the molecule is OC(c1ccccc1)C1CCN(c2nccn3cnnc23)CC1. The van der Waals surface area contributed by atoms with Crippen molar-refractivity contribution >= 4 is 11.5 Å². The van der Waals surface area contributed by atoms with Crippen molar-refractivity contribution in [2.45, 2.75) is 18.9 Å². The highest BCUT2D eigenvalue weighted by atomic mass is 16.3. The number of aliphatic hydroxyl groups is 1. The number of aliphatic hydroxyl groups excluding tert-OH is 1. The van der Waals surface area contributed by atoms with Crippen molar-refractivity contribution in [1.29, 1.82) is 0 Å². The van der Waals surface area contributed by atoms with Gasteiger partial charge in [-0.2, -0.15) is 0 Å². The van der Waals surface area contributed by atoms with Crippen LogP contribution in [-0.4, -0.2) is 37.8 Å². The molecule has 2 aromatic heterocycles. The van der Waals surface area contributed by atoms with E-state index in [9.17, 15) is 5.11 Å². The lowest BCUT2D eigenvalue weighted by atomic mass is 9.87. The van der Waals surface area contributed by atoms with Crippen molar-refractivity contribution in [2.24, 2.45) is 5.92 Å². The number of piperidine rings is 1. The number of aromatic nitrogens is 4. The van der Waals surface area contributed by atoms with Crippen LogP contribution in [0.15, 0.2) is 49.1 Å². The fraction of sp³-hybridized carbons (Fsp3) is 0.353. The zero-order valence-electron chi connectivity index (χ0n) is 12.8. The molecule has 0 spiro atoms. The standard InChI is InChI=1S/C17H19N5O/c23-15(13-4-2-1-3-5-13)14-6-9-21(10-7-14)16-17-20-19-12-22(17)11-8-18-16/h1-5,8,11-12,14-15,23H,6-7,9-10H2. The van der Waals surface area contributed by atoms with Gasteiger partial charge in [0.25, 0.3) is 0 Å². The number of hydrogen-bond acceptors (Lipinski definition) is 5. The number of benzene rings is 1. The molecule has 23 heavy (non-hydrogen) atoms. The Bertz CT molecular complexity index is 780. The molecule has 0 radical (unpaired) electrons. The summed E-state index contributed by atoms with van der Waals surface area (Å²) < 4.78 is 1.88. The molecule has 6 heteroatoms. The fourth-order valence-corrected chi connectivity index (χ4v) is 3.32. The molecule has 0 saturated carbocycles. The van der Waals surface area contributed by atoms with E-state index < -0.39 is 6.10 Å². The molecule has 3 aromatic rings. The Morgan fingerprint density at radius 2 is 1.91 bits per heavy atom. The maximum atomic E-state index is 10.6. The van der Waals surface area contributed by atoms with Gasteiger partial charge in [-0.1, -0.05) is 30.3 Å². The van der Waals surface area contributed by atoms with Gasteiger partial charge in [-0.25, -0.2) is 4.98 Å². The first-order valence-corrected chi connectivity index (χ1v) is 7.95. The van der Waals surface area contributed by atoms with Gasteiger partial charge in [0.15, 0.2) is 5.82 Å². The lowest BCUT2D eigenvalue weighted by Gasteiger charge is -2.35. The predicted molar refractivity (Wildman–Crippen MR) is 87.1 cm³/mol. The first-order chi connectivity index (χ1) is 11.3. The Labute approximate surface area is 134 Å². The van der Waals surface area contributed by atoms with Crippen LogP contribution in [0.3, 0.4) is 0 Å². The third-order valence-corrected chi connectivity index (χ3v) is 4.62. The van der Waals surface area contributed by atoms with Gasteiger partial charge in [-0.05, 0) is 24.3 Å². The van der Waals surface area contributed by atoms with Gasteiger partial charge in [0.1, 0.15) is 6.33 Å². The van der Waals surface area contributed by atoms with Crippen LogP contribution in [0.4, 0.5) is 5.82 Å². The molecule has 0 aliphatic carbocycles. The molecule has 1 aliphatic heterocycles. The highest BCUT2D eigenvalue weighted by molar-refractivity contribution is 5.63. The Hall–Kier alpha value is -2.47. The van der Waals surface area contributed by atoms with Crippen molar-refractivity contribution in [3.8, 4) is 0 Å². The minimum Gasteiger partial charge on any atom is -0.388 e. The molecule has 1 N–H and O–H groups in total. The van der Waals surface area contributed by atoms with Gasteiger partial charge in [0, 0.05) is 25.5 Å². The molecule has 1 saturated heterocycles. The van der Waals surface area contributed by atoms with Gasteiger partial charge in [0.2, 0.25) is 5.65 Å². The van der Waals surface area contributed by atoms with Crippen molar-refractivity contribution in [3.05, 3.63) is 54.6 Å². The van der Waals surface area contributed by atoms with Crippen LogP contribution >= 0.6 is 0 Å². The minimum atomic E-state index is -0.393. The maximum Gasteiger partial charge on any atom is 0.203 e. The molecular formula is C17H19N5O. The zero-order valence-corrected chi connectivity index (χ0v) is 12.8. The topological polar surface area (TPSA) is 66.5 Å². The normalized spacial score (nSPS) is 17.5. The Morgan fingerprint density at radius 1 is 1.13 bits per heavy atom. The van der Waals surface area contributed by atoms with Crippen molar-refractivity contribution in [1.82, 2.24) is 19.6 Å². The average Bonchev–Trinajstić information content (AvgIpc) is 3.11. The third kappa shape index (κ3) is 2.66. The van der Waals surface area contributed by atoms with Crippen molar-refractivity contribution in [3.63, 3.8) is 0 Å². The Balaban J connectivity index is 1.48. The second-order valence-electron chi connectivity index (χ2n) is 5.99. The van der Waals surface area contributed by atoms with E-state index in [2.05, 4.69) is 20.1 Å². The summed E-state index contributed by atoms with van der Waals surface area (Å²) in [6.07, 6.45) is 6.79. The van der Waals surface area contributed by atoms with E-state index in [1.165, 1.54) is 0 Å². The Morgan fingerprint density at radius 3 is 2.70 bits per heavy atom. The van der Waals surface area contributed by atoms with Crippen LogP contribution in [-0.2, 0) is 0 Å². The smallest absolute Gasteiger partial charge is 0.203 e. The van der Waals surface area contributed by atoms with Crippen LogP contribution in [0.5, 0.6) is 0 Å². The van der Waals surface area contributed by atoms with Crippen LogP contribution in [0.2, 0.25) is 0 Å². The summed E-state index contributed by atoms with van der Waals surface area (Å²) in [6, 6.07) is 9.92. The van der Waals surface area contributed by atoms with Crippen LogP contribution < -0.4 is 4.90 Å². The van der Waals surface area contributed by atoms with Gasteiger partial charge in [-0.15, -0.1) is 10.2 Å². The predicted octanol–water partition coefficient (Wildman–Crippen LogP) is 2.07. The van der Waals surface area contributed by atoms with E-state index in [0.717, 1.165) is 43.0 Å². The summed E-state index contributed by atoms with van der Waals surface area (Å²) in [4.78, 5) is 6.71. The molecule has 1 aromatic carbocycles. The van der Waals surface area contributed by atoms with E-state index in [0.29, 0.717) is 0 Å². The molecule has 0 amide bonds. The van der Waals surface area contributed by atoms with E-state index in [4.69, 9.17) is 0 Å². The first kappa shape index (κ1) is 14.1. The summed E-state index contributed by atoms with van der Waals surface area (Å²) in [5.74, 6) is 1.16. The van der Waals surface area contributed by atoms with Gasteiger partial charge in [-0.3, -0.25) is 4.40 Å². The van der Waals surface area contributed by atoms with Crippen LogP contribution in [0.1, 0.15) is 24.5 Å². The number of hydrogen-bond donors (Lipinski definition) is 1. The second-order valence-corrected chi connectivity index (χ2v) is 5.99. The summed E-state index contributed by atoms with van der Waals surface area (Å²) in [5, 5.41) is 18.7. The number of nitrogens with zero attached hydrogens (tertiary/aromatic N) is 5. The maximum absolute atomic E-state index is 10.6. The fourth-order valence-electron chi connectivity index (χ4n) is 3.32. The van der Waals surface area contributed by atoms with Crippen molar-refractivity contribution in [2.75, 3.05) is 18.0 Å². The van der Waals surface area contributed by atoms with E-state index in [1.807, 2.05) is 40.9 Å². The molecule has 6 nitrogen and oxygen atoms in total. The molecule has 118 valence electrons. The monoisotopic (exact) mass is 309 g/mol. The molecule has 4 rings (SSSR count). The lowest BCUT2D eigenvalue weighted by molar-refractivity contribution is 0.0929. The molecule has 1 atom stereocenters. The summed E-state index contributed by atoms with van der Waals surface area (Å²) >= 11 is 0. The highest BCUT2D eigenvalue weighted by Crippen LogP contribution is 2.32. The number of rotatable bonds is 3. The second kappa shape index (κ2) is 5.96. The zero-order chi connectivity index (χ0) is 15.6. The Kier molecular flexibility index (Phi) is 3.67. The van der Waals surface area contributed by atoms with Crippen molar-refractivity contribution < 1.29 is 5.11 Å². The molecule has 3 heterocycles. The summed E-state index contributed by atoms with van der Waals surface area (Å²) in [6.45, 7) is 1.74. The lowest BCUT2D eigenvalue weighted by Crippen LogP contribution is -2.36. The number of fused-ring (bicyclic) bond motifs is 1. The van der Waals surface area contributed by atoms with Crippen LogP contribution in [0.25, 0.3) is 5.65 Å². The largest absolute Gasteiger partial charge is 0.388 e. The first-order valence-electron chi connectivity index (χ1n) is 7.95. The quantitative estimate of drug-likeness (QED) is 0.802. The average molecular weight is 309 g/mol. The third-order valence-electron chi connectivity index (χ3n) is 4.62. The highest BCUT2D eigenvalue weighted by Gasteiger charge is 2.27.